The van der Waals surface area contributed by atoms with Gasteiger partial charge in [0.1, 0.15) is 12.6 Å². The average molecular weight is 653 g/mol. The van der Waals surface area contributed by atoms with Gasteiger partial charge in [-0.05, 0) is 60.4 Å². The summed E-state index contributed by atoms with van der Waals surface area (Å²) in [5.41, 5.74) is 2.82. The van der Waals surface area contributed by atoms with Crippen LogP contribution in [-0.2, 0) is 32.6 Å². The molecule has 0 saturated carbocycles. The van der Waals surface area contributed by atoms with Gasteiger partial charge in [-0.3, -0.25) is 13.9 Å². The molecule has 44 heavy (non-hydrogen) atoms. The van der Waals surface area contributed by atoms with Gasteiger partial charge in [-0.1, -0.05) is 103 Å². The molecule has 0 bridgehead atoms. The molecule has 0 unspecified atom stereocenters. The second-order valence-corrected chi connectivity index (χ2v) is 13.0. The molecule has 1 atom stereocenters. The lowest BCUT2D eigenvalue weighted by atomic mass is 10.0. The number of aryl methyl sites for hydroxylation is 1. The van der Waals surface area contributed by atoms with Crippen molar-refractivity contribution < 1.29 is 18.0 Å². The molecule has 4 aromatic carbocycles. The number of benzene rings is 4. The molecule has 0 aromatic heterocycles. The summed E-state index contributed by atoms with van der Waals surface area (Å²) >= 11 is 12.5. The van der Waals surface area contributed by atoms with Crippen molar-refractivity contribution in [2.75, 3.05) is 17.4 Å². The smallest absolute Gasteiger partial charge is 0.264 e. The maximum absolute atomic E-state index is 14.5. The van der Waals surface area contributed by atoms with Crippen molar-refractivity contribution in [1.82, 2.24) is 10.2 Å². The highest BCUT2D eigenvalue weighted by molar-refractivity contribution is 7.92. The van der Waals surface area contributed by atoms with Crippen LogP contribution in [0.15, 0.2) is 108 Å². The molecule has 0 radical (unpaired) electrons. The Balaban J connectivity index is 1.81. The largest absolute Gasteiger partial charge is 0.354 e. The Kier molecular flexibility index (Phi) is 11.4. The number of amides is 2. The third-order valence-corrected chi connectivity index (χ3v) is 9.75. The van der Waals surface area contributed by atoms with Gasteiger partial charge in [-0.2, -0.15) is 0 Å². The Morgan fingerprint density at radius 3 is 2.11 bits per heavy atom. The zero-order chi connectivity index (χ0) is 31.7. The molecule has 0 aliphatic rings. The molecule has 4 aromatic rings. The summed E-state index contributed by atoms with van der Waals surface area (Å²) < 4.78 is 29.1. The molecule has 0 aliphatic heterocycles. The highest BCUT2D eigenvalue weighted by Crippen LogP contribution is 2.31. The molecule has 230 valence electrons. The fourth-order valence-electron chi connectivity index (χ4n) is 4.78. The summed E-state index contributed by atoms with van der Waals surface area (Å²) in [6, 6.07) is 28.4. The van der Waals surface area contributed by atoms with E-state index in [1.807, 2.05) is 68.4 Å². The van der Waals surface area contributed by atoms with Gasteiger partial charge >= 0.3 is 0 Å². The van der Waals surface area contributed by atoms with Gasteiger partial charge in [0.15, 0.2) is 0 Å². The highest BCUT2D eigenvalue weighted by Gasteiger charge is 2.34. The average Bonchev–Trinajstić information content (AvgIpc) is 3.03. The van der Waals surface area contributed by atoms with Gasteiger partial charge in [0, 0.05) is 19.5 Å². The zero-order valence-electron chi connectivity index (χ0n) is 24.6. The molecule has 4 rings (SSSR count). The standard InChI is InChI=1S/C34H35Cl2N3O4S/c1-3-20-37-34(41)32(21-26-13-6-4-7-14-26)38(23-27-15-11-10-12-25(27)2)33(40)24-39(28-18-19-30(35)31(36)22-28)44(42,43)29-16-8-5-9-17-29/h4-19,22,32H,3,20-21,23-24H2,1-2H3,(H,37,41)/t32-/m0/s1. The van der Waals surface area contributed by atoms with Crippen LogP contribution in [0.25, 0.3) is 0 Å². The van der Waals surface area contributed by atoms with Crippen molar-refractivity contribution in [3.05, 3.63) is 130 Å². The van der Waals surface area contributed by atoms with E-state index < -0.39 is 28.5 Å². The fourth-order valence-corrected chi connectivity index (χ4v) is 6.50. The summed E-state index contributed by atoms with van der Waals surface area (Å²) in [6.45, 7) is 3.85. The van der Waals surface area contributed by atoms with Crippen molar-refractivity contribution in [2.24, 2.45) is 0 Å². The van der Waals surface area contributed by atoms with E-state index in [1.54, 1.807) is 18.2 Å². The van der Waals surface area contributed by atoms with Gasteiger partial charge in [-0.15, -0.1) is 0 Å². The summed E-state index contributed by atoms with van der Waals surface area (Å²) in [6.07, 6.45) is 0.960. The maximum atomic E-state index is 14.5. The highest BCUT2D eigenvalue weighted by atomic mass is 35.5. The van der Waals surface area contributed by atoms with Crippen molar-refractivity contribution in [1.29, 1.82) is 0 Å². The molecule has 0 fully saturated rings. The van der Waals surface area contributed by atoms with Crippen molar-refractivity contribution in [3.8, 4) is 0 Å². The van der Waals surface area contributed by atoms with E-state index in [9.17, 15) is 18.0 Å². The first-order valence-corrected chi connectivity index (χ1v) is 16.5. The first kappa shape index (κ1) is 33.1. The Morgan fingerprint density at radius 1 is 0.841 bits per heavy atom. The molecule has 2 amide bonds. The summed E-state index contributed by atoms with van der Waals surface area (Å²) in [4.78, 5) is 29.7. The predicted octanol–water partition coefficient (Wildman–Crippen LogP) is 6.66. The summed E-state index contributed by atoms with van der Waals surface area (Å²) in [5, 5.41) is 3.33. The Labute approximate surface area is 269 Å². The molecule has 0 spiro atoms. The maximum Gasteiger partial charge on any atom is 0.264 e. The molecular weight excluding hydrogens is 617 g/mol. The Hall–Kier alpha value is -3.85. The number of nitrogens with one attached hydrogen (secondary N) is 1. The van der Waals surface area contributed by atoms with E-state index in [4.69, 9.17) is 23.2 Å². The minimum Gasteiger partial charge on any atom is -0.354 e. The second kappa shape index (κ2) is 15.2. The number of halogens is 2. The van der Waals surface area contributed by atoms with Crippen LogP contribution >= 0.6 is 23.2 Å². The third-order valence-electron chi connectivity index (χ3n) is 7.22. The van der Waals surface area contributed by atoms with E-state index in [2.05, 4.69) is 5.32 Å². The number of nitrogens with zero attached hydrogens (tertiary/aromatic N) is 2. The van der Waals surface area contributed by atoms with Crippen LogP contribution < -0.4 is 9.62 Å². The predicted molar refractivity (Wildman–Crippen MR) is 176 cm³/mol. The second-order valence-electron chi connectivity index (χ2n) is 10.4. The monoisotopic (exact) mass is 651 g/mol. The molecule has 0 heterocycles. The van der Waals surface area contributed by atoms with Gasteiger partial charge in [0.05, 0.1) is 20.6 Å². The van der Waals surface area contributed by atoms with Gasteiger partial charge in [0.2, 0.25) is 11.8 Å². The number of anilines is 1. The SMILES string of the molecule is CCCNC(=O)[C@H](Cc1ccccc1)N(Cc1ccccc1C)C(=O)CN(c1ccc(Cl)c(Cl)c1)S(=O)(=O)c1ccccc1. The first-order chi connectivity index (χ1) is 21.1. The van der Waals surface area contributed by atoms with Crippen LogP contribution in [0, 0.1) is 6.92 Å². The summed E-state index contributed by atoms with van der Waals surface area (Å²) in [7, 11) is -4.23. The van der Waals surface area contributed by atoms with Crippen LogP contribution in [0.4, 0.5) is 5.69 Å². The lowest BCUT2D eigenvalue weighted by molar-refractivity contribution is -0.140. The Morgan fingerprint density at radius 2 is 1.48 bits per heavy atom. The van der Waals surface area contributed by atoms with Crippen molar-refractivity contribution in [2.45, 2.75) is 44.2 Å². The number of hydrogen-bond acceptors (Lipinski definition) is 4. The minimum atomic E-state index is -4.23. The quantitative estimate of drug-likeness (QED) is 0.175. The third kappa shape index (κ3) is 8.20. The molecule has 10 heteroatoms. The van der Waals surface area contributed by atoms with Crippen molar-refractivity contribution in [3.63, 3.8) is 0 Å². The lowest BCUT2D eigenvalue weighted by Crippen LogP contribution is -2.53. The number of carbonyl (C=O) groups is 2. The number of carbonyl (C=O) groups excluding carboxylic acids is 2. The summed E-state index contributed by atoms with van der Waals surface area (Å²) in [5.74, 6) is -0.865. The number of rotatable bonds is 13. The van der Waals surface area contributed by atoms with E-state index in [1.165, 1.54) is 35.2 Å². The lowest BCUT2D eigenvalue weighted by Gasteiger charge is -2.34. The van der Waals surface area contributed by atoms with Crippen LogP contribution in [0.5, 0.6) is 0 Å². The minimum absolute atomic E-state index is 0.00542. The normalized spacial score (nSPS) is 11.9. The molecule has 1 N–H and O–H groups in total. The van der Waals surface area contributed by atoms with E-state index in [0.29, 0.717) is 6.54 Å². The first-order valence-electron chi connectivity index (χ1n) is 14.3. The topological polar surface area (TPSA) is 86.8 Å². The van der Waals surface area contributed by atoms with E-state index in [0.717, 1.165) is 27.4 Å². The van der Waals surface area contributed by atoms with Gasteiger partial charge < -0.3 is 10.2 Å². The van der Waals surface area contributed by atoms with Crippen LogP contribution in [0.3, 0.4) is 0 Å². The zero-order valence-corrected chi connectivity index (χ0v) is 26.9. The van der Waals surface area contributed by atoms with E-state index >= 15 is 0 Å². The molecule has 7 nitrogen and oxygen atoms in total. The molecular formula is C34H35Cl2N3O4S. The molecule has 0 aliphatic carbocycles. The Bertz CT molecular complexity index is 1690. The fraction of sp³-hybridized carbons (Fsp3) is 0.235. The van der Waals surface area contributed by atoms with Crippen LogP contribution in [0.1, 0.15) is 30.0 Å². The van der Waals surface area contributed by atoms with Gasteiger partial charge in [-0.25, -0.2) is 8.42 Å². The number of sulfonamides is 1. The number of hydrogen-bond donors (Lipinski definition) is 1. The van der Waals surface area contributed by atoms with E-state index in [-0.39, 0.29) is 39.5 Å². The van der Waals surface area contributed by atoms with Gasteiger partial charge in [0.25, 0.3) is 10.0 Å². The molecule has 0 saturated heterocycles. The van der Waals surface area contributed by atoms with Crippen LogP contribution in [-0.4, -0.2) is 44.3 Å². The van der Waals surface area contributed by atoms with Crippen molar-refractivity contribution >= 4 is 50.7 Å². The van der Waals surface area contributed by atoms with Crippen LogP contribution in [0.2, 0.25) is 10.0 Å².